The molecular weight excluding hydrogens is 334 g/mol. The molecule has 0 saturated heterocycles. The highest BCUT2D eigenvalue weighted by atomic mass is 16.6. The molecule has 0 radical (unpaired) electrons. The summed E-state index contributed by atoms with van der Waals surface area (Å²) < 4.78 is 5.35. The van der Waals surface area contributed by atoms with E-state index in [1.807, 2.05) is 31.2 Å². The van der Waals surface area contributed by atoms with Crippen LogP contribution in [0.1, 0.15) is 22.8 Å². The SMILES string of the molecule is CCOc1ccc(/C=N/OCC(=O)Nc2cccc(C(=O)NC)c2)cc1. The number of hydrogen-bond acceptors (Lipinski definition) is 5. The molecule has 2 aromatic rings. The molecule has 0 heterocycles. The molecule has 0 saturated carbocycles. The molecule has 7 nitrogen and oxygen atoms in total. The van der Waals surface area contributed by atoms with Crippen LogP contribution in [0, 0.1) is 0 Å². The second-order valence-electron chi connectivity index (χ2n) is 5.22. The first-order chi connectivity index (χ1) is 12.6. The smallest absolute Gasteiger partial charge is 0.265 e. The van der Waals surface area contributed by atoms with E-state index in [2.05, 4.69) is 15.8 Å². The number of hydrogen-bond donors (Lipinski definition) is 2. The van der Waals surface area contributed by atoms with E-state index >= 15 is 0 Å². The summed E-state index contributed by atoms with van der Waals surface area (Å²) in [5, 5.41) is 8.94. The van der Waals surface area contributed by atoms with Gasteiger partial charge in [-0.3, -0.25) is 9.59 Å². The van der Waals surface area contributed by atoms with Crippen molar-refractivity contribution in [2.24, 2.45) is 5.16 Å². The molecule has 0 spiro atoms. The Kier molecular flexibility index (Phi) is 7.17. The second-order valence-corrected chi connectivity index (χ2v) is 5.22. The topological polar surface area (TPSA) is 89.0 Å². The molecule has 0 bridgehead atoms. The first-order valence-electron chi connectivity index (χ1n) is 8.12. The van der Waals surface area contributed by atoms with E-state index in [1.165, 1.54) is 6.21 Å². The zero-order valence-corrected chi connectivity index (χ0v) is 14.7. The minimum absolute atomic E-state index is 0.225. The van der Waals surface area contributed by atoms with Crippen LogP contribution in [0.2, 0.25) is 0 Å². The van der Waals surface area contributed by atoms with Crippen molar-refractivity contribution >= 4 is 23.7 Å². The molecule has 2 N–H and O–H groups in total. The highest BCUT2D eigenvalue weighted by molar-refractivity contribution is 5.97. The zero-order chi connectivity index (χ0) is 18.8. The first-order valence-corrected chi connectivity index (χ1v) is 8.12. The molecule has 0 fully saturated rings. The van der Waals surface area contributed by atoms with Gasteiger partial charge in [0.2, 0.25) is 0 Å². The van der Waals surface area contributed by atoms with Gasteiger partial charge in [0, 0.05) is 18.3 Å². The van der Waals surface area contributed by atoms with Crippen molar-refractivity contribution in [2.45, 2.75) is 6.92 Å². The molecule has 0 aromatic heterocycles. The lowest BCUT2D eigenvalue weighted by atomic mass is 10.2. The Morgan fingerprint density at radius 1 is 1.15 bits per heavy atom. The minimum Gasteiger partial charge on any atom is -0.494 e. The third kappa shape index (κ3) is 5.94. The predicted molar refractivity (Wildman–Crippen MR) is 99.6 cm³/mol. The summed E-state index contributed by atoms with van der Waals surface area (Å²) in [6.45, 7) is 2.29. The molecule has 0 aliphatic carbocycles. The molecule has 0 atom stereocenters. The number of nitrogens with zero attached hydrogens (tertiary/aromatic N) is 1. The van der Waals surface area contributed by atoms with Crippen molar-refractivity contribution in [1.29, 1.82) is 0 Å². The minimum atomic E-state index is -0.372. The van der Waals surface area contributed by atoms with Gasteiger partial charge in [-0.05, 0) is 55.0 Å². The van der Waals surface area contributed by atoms with Gasteiger partial charge in [-0.15, -0.1) is 0 Å². The van der Waals surface area contributed by atoms with Crippen LogP contribution in [0.4, 0.5) is 5.69 Å². The summed E-state index contributed by atoms with van der Waals surface area (Å²) in [4.78, 5) is 28.4. The van der Waals surface area contributed by atoms with Gasteiger partial charge < -0.3 is 20.2 Å². The van der Waals surface area contributed by atoms with Gasteiger partial charge in [0.1, 0.15) is 5.75 Å². The van der Waals surface area contributed by atoms with E-state index in [0.717, 1.165) is 11.3 Å². The number of rotatable bonds is 8. The molecule has 26 heavy (non-hydrogen) atoms. The molecule has 136 valence electrons. The van der Waals surface area contributed by atoms with Crippen LogP contribution >= 0.6 is 0 Å². The van der Waals surface area contributed by atoms with E-state index in [0.29, 0.717) is 17.9 Å². The van der Waals surface area contributed by atoms with Crippen molar-refractivity contribution in [3.8, 4) is 5.75 Å². The second kappa shape index (κ2) is 9.83. The number of nitrogens with one attached hydrogen (secondary N) is 2. The van der Waals surface area contributed by atoms with Gasteiger partial charge in [-0.25, -0.2) is 0 Å². The average Bonchev–Trinajstić information content (AvgIpc) is 2.66. The number of oxime groups is 1. The van der Waals surface area contributed by atoms with Crippen molar-refractivity contribution in [3.05, 3.63) is 59.7 Å². The first kappa shape index (κ1) is 19.0. The van der Waals surface area contributed by atoms with E-state index in [1.54, 1.807) is 31.3 Å². The van der Waals surface area contributed by atoms with Crippen molar-refractivity contribution in [1.82, 2.24) is 5.32 Å². The van der Waals surface area contributed by atoms with Crippen LogP contribution in [0.15, 0.2) is 53.7 Å². The van der Waals surface area contributed by atoms with Crippen LogP contribution in [-0.2, 0) is 9.63 Å². The van der Waals surface area contributed by atoms with Crippen LogP contribution < -0.4 is 15.4 Å². The highest BCUT2D eigenvalue weighted by Crippen LogP contribution is 2.11. The summed E-state index contributed by atoms with van der Waals surface area (Å²) in [5.41, 5.74) is 1.79. The Hall–Kier alpha value is -3.35. The molecule has 2 rings (SSSR count). The van der Waals surface area contributed by atoms with E-state index in [4.69, 9.17) is 9.57 Å². The number of carbonyl (C=O) groups excluding carboxylic acids is 2. The lowest BCUT2D eigenvalue weighted by molar-refractivity contribution is -0.120. The largest absolute Gasteiger partial charge is 0.494 e. The summed E-state index contributed by atoms with van der Waals surface area (Å²) in [5.74, 6) is 0.184. The number of carbonyl (C=O) groups is 2. The average molecular weight is 355 g/mol. The highest BCUT2D eigenvalue weighted by Gasteiger charge is 2.06. The van der Waals surface area contributed by atoms with Gasteiger partial charge >= 0.3 is 0 Å². The van der Waals surface area contributed by atoms with Gasteiger partial charge in [-0.1, -0.05) is 11.2 Å². The fourth-order valence-electron chi connectivity index (χ4n) is 2.09. The van der Waals surface area contributed by atoms with Crippen molar-refractivity contribution in [3.63, 3.8) is 0 Å². The summed E-state index contributed by atoms with van der Waals surface area (Å²) in [6.07, 6.45) is 1.51. The van der Waals surface area contributed by atoms with Crippen molar-refractivity contribution < 1.29 is 19.2 Å². The van der Waals surface area contributed by atoms with Crippen LogP contribution in [0.25, 0.3) is 0 Å². The van der Waals surface area contributed by atoms with Crippen molar-refractivity contribution in [2.75, 3.05) is 25.6 Å². The Morgan fingerprint density at radius 2 is 1.92 bits per heavy atom. The summed E-state index contributed by atoms with van der Waals surface area (Å²) in [7, 11) is 1.55. The van der Waals surface area contributed by atoms with Crippen LogP contribution in [-0.4, -0.2) is 38.3 Å². The van der Waals surface area contributed by atoms with Crippen LogP contribution in [0.3, 0.4) is 0 Å². The molecule has 0 aliphatic rings. The predicted octanol–water partition coefficient (Wildman–Crippen LogP) is 2.43. The third-order valence-corrected chi connectivity index (χ3v) is 3.30. The monoisotopic (exact) mass is 355 g/mol. The van der Waals surface area contributed by atoms with Gasteiger partial charge in [0.05, 0.1) is 12.8 Å². The molecule has 2 amide bonds. The number of ether oxygens (including phenoxy) is 1. The maximum Gasteiger partial charge on any atom is 0.265 e. The number of amides is 2. The summed E-state index contributed by atoms with van der Waals surface area (Å²) >= 11 is 0. The maximum absolute atomic E-state index is 11.9. The van der Waals surface area contributed by atoms with Gasteiger partial charge in [-0.2, -0.15) is 0 Å². The molecular formula is C19H21N3O4. The van der Waals surface area contributed by atoms with Crippen LogP contribution in [0.5, 0.6) is 5.75 Å². The lowest BCUT2D eigenvalue weighted by Crippen LogP contribution is -2.19. The Labute approximate surface area is 152 Å². The van der Waals surface area contributed by atoms with E-state index < -0.39 is 0 Å². The number of anilines is 1. The Bertz CT molecular complexity index is 773. The fourth-order valence-corrected chi connectivity index (χ4v) is 2.09. The lowest BCUT2D eigenvalue weighted by Gasteiger charge is -2.06. The van der Waals surface area contributed by atoms with Gasteiger partial charge in [0.15, 0.2) is 6.61 Å². The maximum atomic E-state index is 11.9. The molecule has 0 aliphatic heterocycles. The normalized spacial score (nSPS) is 10.4. The Morgan fingerprint density at radius 3 is 2.62 bits per heavy atom. The third-order valence-electron chi connectivity index (χ3n) is 3.30. The fraction of sp³-hybridized carbons (Fsp3) is 0.211. The molecule has 0 unspecified atom stereocenters. The van der Waals surface area contributed by atoms with E-state index in [-0.39, 0.29) is 18.4 Å². The molecule has 7 heteroatoms. The number of benzene rings is 2. The molecule has 2 aromatic carbocycles. The summed E-state index contributed by atoms with van der Waals surface area (Å²) in [6, 6.07) is 13.9. The van der Waals surface area contributed by atoms with Gasteiger partial charge in [0.25, 0.3) is 11.8 Å². The zero-order valence-electron chi connectivity index (χ0n) is 14.7. The van der Waals surface area contributed by atoms with E-state index in [9.17, 15) is 9.59 Å². The Balaban J connectivity index is 1.80. The quantitative estimate of drug-likeness (QED) is 0.562. The standard InChI is InChI=1S/C19H21N3O4/c1-3-25-17-9-7-14(8-10-17)12-21-26-13-18(23)22-16-6-4-5-15(11-16)19(24)20-2/h4-12H,3,13H2,1-2H3,(H,20,24)(H,22,23)/b21-12+.